The van der Waals surface area contributed by atoms with E-state index in [-0.39, 0.29) is 10.7 Å². The monoisotopic (exact) mass is 288 g/mol. The van der Waals surface area contributed by atoms with Crippen molar-refractivity contribution in [2.24, 2.45) is 0 Å². The number of nitrogens with zero attached hydrogens (tertiary/aromatic N) is 2. The van der Waals surface area contributed by atoms with Crippen LogP contribution in [0.1, 0.15) is 19.8 Å². The standard InChI is InChI=1S/C12H14ClFN2O3/c1-12(17)2-4-15(5-3-12)10-6-8(13)9(14)7-11(10)16(18)19/h6-7,17H,2-5H2,1H3. The van der Waals surface area contributed by atoms with Crippen molar-refractivity contribution in [2.75, 3.05) is 18.0 Å². The normalized spacial score (nSPS) is 18.4. The Morgan fingerprint density at radius 1 is 1.47 bits per heavy atom. The Morgan fingerprint density at radius 3 is 2.58 bits per heavy atom. The maximum atomic E-state index is 13.3. The second-order valence-electron chi connectivity index (χ2n) is 5.00. The van der Waals surface area contributed by atoms with Crippen molar-refractivity contribution < 1.29 is 14.4 Å². The molecule has 7 heteroatoms. The topological polar surface area (TPSA) is 66.6 Å². The molecule has 104 valence electrons. The van der Waals surface area contributed by atoms with Crippen molar-refractivity contribution in [1.82, 2.24) is 0 Å². The molecule has 1 N–H and O–H groups in total. The minimum Gasteiger partial charge on any atom is -0.390 e. The SMILES string of the molecule is CC1(O)CCN(c2cc(Cl)c(F)cc2[N+](=O)[O-])CC1. The number of benzene rings is 1. The van der Waals surface area contributed by atoms with Crippen LogP contribution >= 0.6 is 11.6 Å². The van der Waals surface area contributed by atoms with Gasteiger partial charge in [-0.1, -0.05) is 11.6 Å². The largest absolute Gasteiger partial charge is 0.390 e. The van der Waals surface area contributed by atoms with Crippen molar-refractivity contribution in [3.8, 4) is 0 Å². The third kappa shape index (κ3) is 2.96. The number of hydrogen-bond acceptors (Lipinski definition) is 4. The number of hydrogen-bond donors (Lipinski definition) is 1. The van der Waals surface area contributed by atoms with Crippen molar-refractivity contribution in [3.63, 3.8) is 0 Å². The highest BCUT2D eigenvalue weighted by Gasteiger charge is 2.31. The lowest BCUT2D eigenvalue weighted by molar-refractivity contribution is -0.384. The fourth-order valence-corrected chi connectivity index (χ4v) is 2.31. The summed E-state index contributed by atoms with van der Waals surface area (Å²) in [6.45, 7) is 2.67. The molecule has 0 unspecified atom stereocenters. The van der Waals surface area contributed by atoms with Crippen LogP contribution in [0.15, 0.2) is 12.1 Å². The van der Waals surface area contributed by atoms with Crippen LogP contribution in [0, 0.1) is 15.9 Å². The number of aliphatic hydroxyl groups is 1. The average molecular weight is 289 g/mol. The molecule has 0 bridgehead atoms. The predicted molar refractivity (Wildman–Crippen MR) is 70.1 cm³/mol. The van der Waals surface area contributed by atoms with Crippen molar-refractivity contribution in [3.05, 3.63) is 33.1 Å². The fourth-order valence-electron chi connectivity index (χ4n) is 2.15. The molecule has 0 atom stereocenters. The molecule has 1 aliphatic rings. The zero-order chi connectivity index (χ0) is 14.2. The molecule has 1 saturated heterocycles. The minimum absolute atomic E-state index is 0.141. The van der Waals surface area contributed by atoms with E-state index in [4.69, 9.17) is 11.6 Å². The number of anilines is 1. The van der Waals surface area contributed by atoms with Gasteiger partial charge in [-0.05, 0) is 25.8 Å². The smallest absolute Gasteiger partial charge is 0.295 e. The number of nitro groups is 1. The van der Waals surface area contributed by atoms with E-state index in [0.29, 0.717) is 31.6 Å². The lowest BCUT2D eigenvalue weighted by Crippen LogP contribution is -2.42. The Morgan fingerprint density at radius 2 is 2.05 bits per heavy atom. The van der Waals surface area contributed by atoms with Gasteiger partial charge >= 0.3 is 0 Å². The van der Waals surface area contributed by atoms with Gasteiger partial charge in [0.1, 0.15) is 11.5 Å². The Kier molecular flexibility index (Phi) is 3.64. The number of rotatable bonds is 2. The molecular weight excluding hydrogens is 275 g/mol. The van der Waals surface area contributed by atoms with E-state index >= 15 is 0 Å². The lowest BCUT2D eigenvalue weighted by Gasteiger charge is -2.36. The summed E-state index contributed by atoms with van der Waals surface area (Å²) >= 11 is 5.69. The molecule has 0 saturated carbocycles. The maximum Gasteiger partial charge on any atom is 0.295 e. The van der Waals surface area contributed by atoms with Crippen LogP contribution in [-0.2, 0) is 0 Å². The number of halogens is 2. The Hall–Kier alpha value is -1.40. The van der Waals surface area contributed by atoms with E-state index in [0.717, 1.165) is 6.07 Å². The first-order chi connectivity index (χ1) is 8.80. The summed E-state index contributed by atoms with van der Waals surface area (Å²) in [6, 6.07) is 2.11. The molecule has 0 aliphatic carbocycles. The van der Waals surface area contributed by atoms with Gasteiger partial charge in [-0.3, -0.25) is 10.1 Å². The van der Waals surface area contributed by atoms with Gasteiger partial charge in [0.05, 0.1) is 21.6 Å². The summed E-state index contributed by atoms with van der Waals surface area (Å²) < 4.78 is 13.3. The summed E-state index contributed by atoms with van der Waals surface area (Å²) in [7, 11) is 0. The molecule has 1 aliphatic heterocycles. The van der Waals surface area contributed by atoms with E-state index in [9.17, 15) is 19.6 Å². The highest BCUT2D eigenvalue weighted by Crippen LogP contribution is 2.35. The summed E-state index contributed by atoms with van der Waals surface area (Å²) in [5.74, 6) is -0.805. The second-order valence-corrected chi connectivity index (χ2v) is 5.40. The number of nitro benzene ring substituents is 1. The zero-order valence-electron chi connectivity index (χ0n) is 10.4. The zero-order valence-corrected chi connectivity index (χ0v) is 11.2. The van der Waals surface area contributed by atoms with Gasteiger partial charge in [-0.25, -0.2) is 4.39 Å². The van der Waals surface area contributed by atoms with Gasteiger partial charge in [0.25, 0.3) is 5.69 Å². The highest BCUT2D eigenvalue weighted by atomic mass is 35.5. The van der Waals surface area contributed by atoms with Crippen molar-refractivity contribution >= 4 is 23.0 Å². The molecule has 19 heavy (non-hydrogen) atoms. The Balaban J connectivity index is 2.34. The first-order valence-electron chi connectivity index (χ1n) is 5.91. The van der Waals surface area contributed by atoms with Crippen LogP contribution in [0.25, 0.3) is 0 Å². The highest BCUT2D eigenvalue weighted by molar-refractivity contribution is 6.31. The fraction of sp³-hybridized carbons (Fsp3) is 0.500. The Labute approximate surface area is 114 Å². The van der Waals surface area contributed by atoms with Crippen LogP contribution in [0.4, 0.5) is 15.8 Å². The van der Waals surface area contributed by atoms with Gasteiger partial charge in [-0.15, -0.1) is 0 Å². The van der Waals surface area contributed by atoms with E-state index < -0.39 is 16.3 Å². The first-order valence-corrected chi connectivity index (χ1v) is 6.29. The average Bonchev–Trinajstić information content (AvgIpc) is 2.32. The maximum absolute atomic E-state index is 13.3. The van der Waals surface area contributed by atoms with Crippen LogP contribution in [0.5, 0.6) is 0 Å². The van der Waals surface area contributed by atoms with Crippen LogP contribution < -0.4 is 4.90 Å². The molecular formula is C12H14ClFN2O3. The molecule has 1 fully saturated rings. The molecule has 0 aromatic heterocycles. The van der Waals surface area contributed by atoms with Crippen LogP contribution in [0.2, 0.25) is 5.02 Å². The molecule has 2 rings (SSSR count). The van der Waals surface area contributed by atoms with E-state index in [1.54, 1.807) is 11.8 Å². The summed E-state index contributed by atoms with van der Waals surface area (Å²) in [6.07, 6.45) is 0.998. The molecule has 1 aromatic carbocycles. The second kappa shape index (κ2) is 4.94. The lowest BCUT2D eigenvalue weighted by atomic mass is 9.93. The van der Waals surface area contributed by atoms with Gasteiger partial charge in [0.2, 0.25) is 0 Å². The third-order valence-electron chi connectivity index (χ3n) is 3.40. The van der Waals surface area contributed by atoms with Gasteiger partial charge in [0, 0.05) is 13.1 Å². The van der Waals surface area contributed by atoms with Gasteiger partial charge < -0.3 is 10.0 Å². The van der Waals surface area contributed by atoms with E-state index in [1.807, 2.05) is 0 Å². The van der Waals surface area contributed by atoms with E-state index in [2.05, 4.69) is 0 Å². The predicted octanol–water partition coefficient (Wildman–Crippen LogP) is 2.74. The quantitative estimate of drug-likeness (QED) is 0.671. The minimum atomic E-state index is -0.805. The molecule has 5 nitrogen and oxygen atoms in total. The molecule has 1 heterocycles. The van der Waals surface area contributed by atoms with Gasteiger partial charge in [0.15, 0.2) is 0 Å². The van der Waals surface area contributed by atoms with Crippen molar-refractivity contribution in [1.29, 1.82) is 0 Å². The number of piperidine rings is 1. The molecule has 0 amide bonds. The molecule has 1 aromatic rings. The van der Waals surface area contributed by atoms with Gasteiger partial charge in [-0.2, -0.15) is 0 Å². The summed E-state index contributed by atoms with van der Waals surface area (Å²) in [5.41, 5.74) is -0.759. The summed E-state index contributed by atoms with van der Waals surface area (Å²) in [4.78, 5) is 12.1. The molecule has 0 radical (unpaired) electrons. The Bertz CT molecular complexity index is 512. The first kappa shape index (κ1) is 14.0. The van der Waals surface area contributed by atoms with Crippen molar-refractivity contribution in [2.45, 2.75) is 25.4 Å². The third-order valence-corrected chi connectivity index (χ3v) is 3.69. The van der Waals surface area contributed by atoms with Crippen LogP contribution in [-0.4, -0.2) is 28.7 Å². The summed E-state index contributed by atoms with van der Waals surface area (Å²) in [5, 5.41) is 20.7. The molecule has 0 spiro atoms. The van der Waals surface area contributed by atoms with Crippen LogP contribution in [0.3, 0.4) is 0 Å². The van der Waals surface area contributed by atoms with E-state index in [1.165, 1.54) is 6.07 Å².